The average Bonchev–Trinajstić information content (AvgIpc) is 2.73. The Hall–Kier alpha value is -1.85. The van der Waals surface area contributed by atoms with Gasteiger partial charge in [0.15, 0.2) is 0 Å². The van der Waals surface area contributed by atoms with Crippen LogP contribution in [0.1, 0.15) is 36.4 Å². The van der Waals surface area contributed by atoms with Gasteiger partial charge in [-0.25, -0.2) is 0 Å². The van der Waals surface area contributed by atoms with Gasteiger partial charge in [0.05, 0.1) is 19.7 Å². The minimum Gasteiger partial charge on any atom is -0.481 e. The summed E-state index contributed by atoms with van der Waals surface area (Å²) in [7, 11) is 1.34. The molecule has 18 heavy (non-hydrogen) atoms. The third-order valence-electron chi connectivity index (χ3n) is 3.31. The van der Waals surface area contributed by atoms with Crippen LogP contribution in [-0.2, 0) is 27.3 Å². The monoisotopic (exact) mass is 252 g/mol. The molecule has 0 saturated heterocycles. The lowest BCUT2D eigenvalue weighted by atomic mass is 9.85. The maximum absolute atomic E-state index is 11.2. The van der Waals surface area contributed by atoms with Crippen LogP contribution >= 0.6 is 0 Å². The number of methoxy groups -OCH3 is 1. The van der Waals surface area contributed by atoms with Crippen LogP contribution in [0.15, 0.2) is 6.20 Å². The number of nitrogens with zero attached hydrogens (tertiary/aromatic N) is 2. The molecule has 0 radical (unpaired) electrons. The Bertz CT molecular complexity index is 467. The summed E-state index contributed by atoms with van der Waals surface area (Å²) < 4.78 is 6.23. The summed E-state index contributed by atoms with van der Waals surface area (Å²) in [5.41, 5.74) is 1.94. The molecule has 1 heterocycles. The van der Waals surface area contributed by atoms with Gasteiger partial charge in [0, 0.05) is 5.69 Å². The number of fused-ring (bicyclic) bond motifs is 1. The average molecular weight is 252 g/mol. The molecule has 0 aromatic carbocycles. The molecule has 2 rings (SSSR count). The van der Waals surface area contributed by atoms with Gasteiger partial charge in [-0.2, -0.15) is 5.10 Å². The number of carbonyl (C=O) groups excluding carboxylic acids is 1. The molecule has 6 nitrogen and oxygen atoms in total. The summed E-state index contributed by atoms with van der Waals surface area (Å²) in [5, 5.41) is 13.0. The van der Waals surface area contributed by atoms with Crippen molar-refractivity contribution in [1.82, 2.24) is 9.78 Å². The van der Waals surface area contributed by atoms with Crippen molar-refractivity contribution >= 4 is 11.9 Å². The van der Waals surface area contributed by atoms with Crippen LogP contribution in [0.5, 0.6) is 0 Å². The van der Waals surface area contributed by atoms with E-state index in [0.717, 1.165) is 30.5 Å². The van der Waals surface area contributed by atoms with Crippen LogP contribution in [0.2, 0.25) is 0 Å². The molecule has 1 aliphatic carbocycles. The molecule has 0 spiro atoms. The Labute approximate surface area is 105 Å². The quantitative estimate of drug-likeness (QED) is 0.807. The van der Waals surface area contributed by atoms with E-state index in [1.54, 1.807) is 10.9 Å². The van der Waals surface area contributed by atoms with Gasteiger partial charge in [-0.05, 0) is 30.7 Å². The highest BCUT2D eigenvalue weighted by atomic mass is 16.5. The van der Waals surface area contributed by atoms with Crippen molar-refractivity contribution in [3.63, 3.8) is 0 Å². The van der Waals surface area contributed by atoms with E-state index in [1.165, 1.54) is 7.11 Å². The normalized spacial score (nSPS) is 18.2. The smallest absolute Gasteiger partial charge is 0.327 e. The van der Waals surface area contributed by atoms with Gasteiger partial charge in [0.2, 0.25) is 0 Å². The SMILES string of the molecule is COC(=O)Cn1ncc2c1CCCC2CC(=O)O. The largest absolute Gasteiger partial charge is 0.481 e. The van der Waals surface area contributed by atoms with Crippen LogP contribution < -0.4 is 0 Å². The van der Waals surface area contributed by atoms with Crippen molar-refractivity contribution < 1.29 is 19.4 Å². The number of carboxylic acid groups (broad SMARTS) is 1. The zero-order chi connectivity index (χ0) is 13.1. The first-order valence-corrected chi connectivity index (χ1v) is 5.95. The van der Waals surface area contributed by atoms with Crippen molar-refractivity contribution in [3.8, 4) is 0 Å². The highest BCUT2D eigenvalue weighted by Gasteiger charge is 2.26. The van der Waals surface area contributed by atoms with E-state index in [0.29, 0.717) is 0 Å². The maximum atomic E-state index is 11.2. The van der Waals surface area contributed by atoms with Gasteiger partial charge in [0.1, 0.15) is 6.54 Å². The molecule has 0 saturated carbocycles. The molecule has 1 aliphatic rings. The van der Waals surface area contributed by atoms with Crippen LogP contribution in [0.3, 0.4) is 0 Å². The Morgan fingerprint density at radius 2 is 2.39 bits per heavy atom. The van der Waals surface area contributed by atoms with E-state index in [4.69, 9.17) is 5.11 Å². The van der Waals surface area contributed by atoms with Gasteiger partial charge in [-0.15, -0.1) is 0 Å². The number of carboxylic acids is 1. The predicted octanol–water partition coefficient (Wildman–Crippen LogP) is 0.951. The van der Waals surface area contributed by atoms with Crippen molar-refractivity contribution in [1.29, 1.82) is 0 Å². The minimum atomic E-state index is -0.798. The lowest BCUT2D eigenvalue weighted by molar-refractivity contribution is -0.141. The first kappa shape index (κ1) is 12.6. The highest BCUT2D eigenvalue weighted by molar-refractivity contribution is 5.69. The predicted molar refractivity (Wildman–Crippen MR) is 62.2 cm³/mol. The molecule has 0 bridgehead atoms. The fraction of sp³-hybridized carbons (Fsp3) is 0.583. The van der Waals surface area contributed by atoms with Crippen LogP contribution in [0, 0.1) is 0 Å². The summed E-state index contributed by atoms with van der Waals surface area (Å²) in [5.74, 6) is -1.13. The van der Waals surface area contributed by atoms with E-state index in [1.807, 2.05) is 0 Å². The maximum Gasteiger partial charge on any atom is 0.327 e. The molecule has 0 fully saturated rings. The Morgan fingerprint density at radius 1 is 1.61 bits per heavy atom. The molecule has 1 atom stereocenters. The standard InChI is InChI=1S/C12H16N2O4/c1-18-12(17)7-14-10-4-2-3-8(5-11(15)16)9(10)6-13-14/h6,8H,2-5,7H2,1H3,(H,15,16). The minimum absolute atomic E-state index is 0.0117. The highest BCUT2D eigenvalue weighted by Crippen LogP contribution is 2.33. The van der Waals surface area contributed by atoms with Crippen LogP contribution in [-0.4, -0.2) is 33.9 Å². The van der Waals surface area contributed by atoms with E-state index >= 15 is 0 Å². The Balaban J connectivity index is 2.20. The van der Waals surface area contributed by atoms with E-state index in [2.05, 4.69) is 9.84 Å². The number of rotatable bonds is 4. The Morgan fingerprint density at radius 3 is 3.06 bits per heavy atom. The fourth-order valence-corrected chi connectivity index (χ4v) is 2.46. The molecule has 1 aromatic rings. The molecule has 1 N–H and O–H groups in total. The zero-order valence-electron chi connectivity index (χ0n) is 10.3. The lowest BCUT2D eigenvalue weighted by Gasteiger charge is -2.21. The van der Waals surface area contributed by atoms with Crippen LogP contribution in [0.25, 0.3) is 0 Å². The van der Waals surface area contributed by atoms with Gasteiger partial charge >= 0.3 is 11.9 Å². The van der Waals surface area contributed by atoms with E-state index in [9.17, 15) is 9.59 Å². The second-order valence-electron chi connectivity index (χ2n) is 4.47. The number of aliphatic carboxylic acids is 1. The van der Waals surface area contributed by atoms with Gasteiger partial charge < -0.3 is 9.84 Å². The molecule has 6 heteroatoms. The van der Waals surface area contributed by atoms with Crippen molar-refractivity contribution in [2.75, 3.05) is 7.11 Å². The second-order valence-corrected chi connectivity index (χ2v) is 4.47. The fourth-order valence-electron chi connectivity index (χ4n) is 2.46. The molecule has 1 aromatic heterocycles. The zero-order valence-corrected chi connectivity index (χ0v) is 10.3. The van der Waals surface area contributed by atoms with Crippen molar-refractivity contribution in [2.45, 2.75) is 38.1 Å². The van der Waals surface area contributed by atoms with E-state index < -0.39 is 5.97 Å². The van der Waals surface area contributed by atoms with Crippen LogP contribution in [0.4, 0.5) is 0 Å². The summed E-state index contributed by atoms with van der Waals surface area (Å²) >= 11 is 0. The number of carbonyl (C=O) groups is 2. The molecule has 1 unspecified atom stereocenters. The summed E-state index contributed by atoms with van der Waals surface area (Å²) in [6.07, 6.45) is 4.44. The number of esters is 1. The number of hydrogen-bond acceptors (Lipinski definition) is 4. The number of hydrogen-bond donors (Lipinski definition) is 1. The molecule has 0 aliphatic heterocycles. The summed E-state index contributed by atoms with van der Waals surface area (Å²) in [6, 6.07) is 0. The third-order valence-corrected chi connectivity index (χ3v) is 3.31. The lowest BCUT2D eigenvalue weighted by Crippen LogP contribution is -2.19. The van der Waals surface area contributed by atoms with E-state index in [-0.39, 0.29) is 24.9 Å². The molecular formula is C12H16N2O4. The topological polar surface area (TPSA) is 81.4 Å². The second kappa shape index (κ2) is 5.20. The number of ether oxygens (including phenoxy) is 1. The first-order chi connectivity index (χ1) is 8.61. The third kappa shape index (κ3) is 2.52. The first-order valence-electron chi connectivity index (χ1n) is 5.95. The molecular weight excluding hydrogens is 236 g/mol. The van der Waals surface area contributed by atoms with Gasteiger partial charge in [-0.1, -0.05) is 0 Å². The number of aromatic nitrogens is 2. The van der Waals surface area contributed by atoms with Gasteiger partial charge in [-0.3, -0.25) is 14.3 Å². The summed E-state index contributed by atoms with van der Waals surface area (Å²) in [6.45, 7) is 0.0889. The van der Waals surface area contributed by atoms with Gasteiger partial charge in [0.25, 0.3) is 0 Å². The molecule has 98 valence electrons. The summed E-state index contributed by atoms with van der Waals surface area (Å²) in [4.78, 5) is 22.1. The van der Waals surface area contributed by atoms with Crippen molar-refractivity contribution in [2.24, 2.45) is 0 Å². The molecule has 0 amide bonds. The van der Waals surface area contributed by atoms with Crippen molar-refractivity contribution in [3.05, 3.63) is 17.5 Å². The Kier molecular flexibility index (Phi) is 3.64.